The van der Waals surface area contributed by atoms with Gasteiger partial charge in [-0.3, -0.25) is 13.9 Å². The van der Waals surface area contributed by atoms with Crippen molar-refractivity contribution in [1.29, 1.82) is 0 Å². The molecule has 40 heavy (non-hydrogen) atoms. The average Bonchev–Trinajstić information content (AvgIpc) is 2.91. The molecule has 214 valence electrons. The molecule has 0 saturated heterocycles. The minimum Gasteiger partial charge on any atom is -0.354 e. The van der Waals surface area contributed by atoms with Gasteiger partial charge in [-0.1, -0.05) is 71.6 Å². The number of hydrogen-bond acceptors (Lipinski definition) is 4. The minimum atomic E-state index is -4.20. The SMILES string of the molecule is CCCNC(=O)[C@H](C)N(Cc1ccc(Cl)cc1Cl)C(=O)CN(c1cccc(Cl)c1C)S(=O)(=O)c1ccc(C)cc1. The maximum absolute atomic E-state index is 14.0. The Balaban J connectivity index is 2.08. The Labute approximate surface area is 251 Å². The van der Waals surface area contributed by atoms with Gasteiger partial charge < -0.3 is 10.2 Å². The molecule has 0 heterocycles. The lowest BCUT2D eigenvalue weighted by Crippen LogP contribution is -2.51. The van der Waals surface area contributed by atoms with E-state index in [2.05, 4.69) is 5.32 Å². The zero-order valence-electron chi connectivity index (χ0n) is 22.7. The zero-order valence-corrected chi connectivity index (χ0v) is 25.8. The van der Waals surface area contributed by atoms with Gasteiger partial charge in [0.05, 0.1) is 10.6 Å². The van der Waals surface area contributed by atoms with Gasteiger partial charge in [-0.15, -0.1) is 0 Å². The van der Waals surface area contributed by atoms with Crippen LogP contribution in [0.3, 0.4) is 0 Å². The van der Waals surface area contributed by atoms with E-state index in [0.717, 1.165) is 9.87 Å². The summed E-state index contributed by atoms with van der Waals surface area (Å²) < 4.78 is 29.0. The third kappa shape index (κ3) is 7.49. The number of nitrogens with zero attached hydrogens (tertiary/aromatic N) is 2. The maximum Gasteiger partial charge on any atom is 0.264 e. The lowest BCUT2D eigenvalue weighted by atomic mass is 10.1. The molecule has 3 aromatic carbocycles. The molecule has 2 amide bonds. The van der Waals surface area contributed by atoms with Crippen LogP contribution in [0.5, 0.6) is 0 Å². The number of amides is 2. The minimum absolute atomic E-state index is 0.0197. The van der Waals surface area contributed by atoms with Crippen molar-refractivity contribution in [2.45, 2.75) is 51.6 Å². The number of carbonyl (C=O) groups excluding carboxylic acids is 2. The molecule has 0 bridgehead atoms. The van der Waals surface area contributed by atoms with Crippen LogP contribution < -0.4 is 9.62 Å². The van der Waals surface area contributed by atoms with Crippen LogP contribution in [0.4, 0.5) is 5.69 Å². The summed E-state index contributed by atoms with van der Waals surface area (Å²) >= 11 is 18.8. The lowest BCUT2D eigenvalue weighted by molar-refractivity contribution is -0.139. The highest BCUT2D eigenvalue weighted by Crippen LogP contribution is 2.31. The molecule has 11 heteroatoms. The van der Waals surface area contributed by atoms with E-state index in [4.69, 9.17) is 34.8 Å². The molecule has 7 nitrogen and oxygen atoms in total. The van der Waals surface area contributed by atoms with Crippen molar-refractivity contribution >= 4 is 62.3 Å². The number of carbonyl (C=O) groups is 2. The highest BCUT2D eigenvalue weighted by atomic mass is 35.5. The molecule has 0 fully saturated rings. The monoisotopic (exact) mass is 623 g/mol. The molecule has 0 aliphatic rings. The van der Waals surface area contributed by atoms with Crippen molar-refractivity contribution in [3.05, 3.63) is 92.4 Å². The normalized spacial score (nSPS) is 12.1. The predicted octanol–water partition coefficient (Wildman–Crippen LogP) is 6.40. The summed E-state index contributed by atoms with van der Waals surface area (Å²) in [5.41, 5.74) is 2.20. The molecule has 0 spiro atoms. The Hall–Kier alpha value is -2.78. The number of nitrogens with one attached hydrogen (secondary N) is 1. The van der Waals surface area contributed by atoms with Gasteiger partial charge in [-0.05, 0) is 74.7 Å². The molecule has 0 aliphatic carbocycles. The molecule has 0 aromatic heterocycles. The number of benzene rings is 3. The number of halogens is 3. The quantitative estimate of drug-likeness (QED) is 0.267. The fourth-order valence-corrected chi connectivity index (χ4v) is 6.14. The molecule has 3 aromatic rings. The number of sulfonamides is 1. The van der Waals surface area contributed by atoms with Gasteiger partial charge >= 0.3 is 0 Å². The number of anilines is 1. The maximum atomic E-state index is 14.0. The molecule has 0 radical (unpaired) electrons. The van der Waals surface area contributed by atoms with E-state index >= 15 is 0 Å². The van der Waals surface area contributed by atoms with Gasteiger partial charge in [-0.25, -0.2) is 8.42 Å². The first-order valence-electron chi connectivity index (χ1n) is 12.7. The van der Waals surface area contributed by atoms with E-state index in [0.29, 0.717) is 39.2 Å². The van der Waals surface area contributed by atoms with Crippen LogP contribution in [0.15, 0.2) is 65.6 Å². The molecular formula is C29H32Cl3N3O4S. The van der Waals surface area contributed by atoms with Crippen LogP contribution >= 0.6 is 34.8 Å². The third-order valence-corrected chi connectivity index (χ3v) is 9.24. The first-order valence-corrected chi connectivity index (χ1v) is 15.3. The van der Waals surface area contributed by atoms with Crippen LogP contribution in [0.25, 0.3) is 0 Å². The summed E-state index contributed by atoms with van der Waals surface area (Å²) in [6, 6.07) is 15.2. The summed E-state index contributed by atoms with van der Waals surface area (Å²) in [6.07, 6.45) is 0.714. The van der Waals surface area contributed by atoms with Gasteiger partial charge in [-0.2, -0.15) is 0 Å². The first-order chi connectivity index (χ1) is 18.9. The fourth-order valence-electron chi connectivity index (χ4n) is 4.03. The summed E-state index contributed by atoms with van der Waals surface area (Å²) in [5.74, 6) is -0.965. The van der Waals surface area contributed by atoms with Gasteiger partial charge in [0.15, 0.2) is 0 Å². The van der Waals surface area contributed by atoms with Gasteiger partial charge in [0.25, 0.3) is 10.0 Å². The molecule has 0 unspecified atom stereocenters. The number of rotatable bonds is 11. The van der Waals surface area contributed by atoms with Gasteiger partial charge in [0.1, 0.15) is 12.6 Å². The van der Waals surface area contributed by atoms with Crippen LogP contribution in [0, 0.1) is 13.8 Å². The van der Waals surface area contributed by atoms with Crippen molar-refractivity contribution in [2.75, 3.05) is 17.4 Å². The number of hydrogen-bond donors (Lipinski definition) is 1. The van der Waals surface area contributed by atoms with Crippen molar-refractivity contribution in [3.8, 4) is 0 Å². The second kappa shape index (κ2) is 13.7. The highest BCUT2D eigenvalue weighted by molar-refractivity contribution is 7.92. The van der Waals surface area contributed by atoms with E-state index < -0.39 is 28.5 Å². The largest absolute Gasteiger partial charge is 0.354 e. The molecular weight excluding hydrogens is 593 g/mol. The average molecular weight is 625 g/mol. The Morgan fingerprint density at radius 3 is 2.25 bits per heavy atom. The van der Waals surface area contributed by atoms with Crippen molar-refractivity contribution in [3.63, 3.8) is 0 Å². The summed E-state index contributed by atoms with van der Waals surface area (Å²) in [4.78, 5) is 28.3. The Bertz CT molecular complexity index is 1480. The van der Waals surface area contributed by atoms with Crippen LogP contribution in [0.1, 0.15) is 37.0 Å². The van der Waals surface area contributed by atoms with Crippen molar-refractivity contribution in [2.24, 2.45) is 0 Å². The second-order valence-electron chi connectivity index (χ2n) is 9.43. The third-order valence-electron chi connectivity index (χ3n) is 6.47. The zero-order chi connectivity index (χ0) is 29.6. The van der Waals surface area contributed by atoms with Crippen molar-refractivity contribution in [1.82, 2.24) is 10.2 Å². The molecule has 1 atom stereocenters. The highest BCUT2D eigenvalue weighted by Gasteiger charge is 2.33. The van der Waals surface area contributed by atoms with Gasteiger partial charge in [0.2, 0.25) is 11.8 Å². The molecule has 3 rings (SSSR count). The summed E-state index contributed by atoms with van der Waals surface area (Å²) in [5, 5.41) is 3.90. The topological polar surface area (TPSA) is 86.8 Å². The van der Waals surface area contributed by atoms with E-state index in [-0.39, 0.29) is 23.0 Å². The molecule has 0 saturated carbocycles. The second-order valence-corrected chi connectivity index (χ2v) is 12.5. The van der Waals surface area contributed by atoms with Crippen LogP contribution in [-0.2, 0) is 26.2 Å². The Kier molecular flexibility index (Phi) is 10.9. The van der Waals surface area contributed by atoms with E-state index in [1.54, 1.807) is 62.4 Å². The van der Waals surface area contributed by atoms with Crippen LogP contribution in [0.2, 0.25) is 15.1 Å². The smallest absolute Gasteiger partial charge is 0.264 e. The predicted molar refractivity (Wildman–Crippen MR) is 162 cm³/mol. The fraction of sp³-hybridized carbons (Fsp3) is 0.310. The molecule has 0 aliphatic heterocycles. The van der Waals surface area contributed by atoms with E-state index in [1.165, 1.54) is 17.0 Å². The summed E-state index contributed by atoms with van der Waals surface area (Å²) in [7, 11) is -4.20. The first kappa shape index (κ1) is 31.7. The van der Waals surface area contributed by atoms with E-state index in [9.17, 15) is 18.0 Å². The Morgan fingerprint density at radius 1 is 0.950 bits per heavy atom. The van der Waals surface area contributed by atoms with Crippen molar-refractivity contribution < 1.29 is 18.0 Å². The Morgan fingerprint density at radius 2 is 1.62 bits per heavy atom. The lowest BCUT2D eigenvalue weighted by Gasteiger charge is -2.32. The van der Waals surface area contributed by atoms with Crippen LogP contribution in [-0.4, -0.2) is 44.3 Å². The summed E-state index contributed by atoms with van der Waals surface area (Å²) in [6.45, 7) is 6.87. The van der Waals surface area contributed by atoms with Gasteiger partial charge in [0, 0.05) is 28.2 Å². The van der Waals surface area contributed by atoms with E-state index in [1.807, 2.05) is 13.8 Å². The standard InChI is InChI=1S/C29H32Cl3N3O4S/c1-5-15-33-29(37)21(4)34(17-22-11-12-23(30)16-26(22)32)28(36)18-35(27-8-6-7-25(31)20(27)3)40(38,39)24-13-9-19(2)10-14-24/h6-14,16,21H,5,15,17-18H2,1-4H3,(H,33,37)/t21-/m0/s1. The number of aryl methyl sites for hydroxylation is 1. The molecule has 1 N–H and O–H groups in total.